The lowest BCUT2D eigenvalue weighted by Gasteiger charge is -2.14. The maximum atomic E-state index is 13.2. The molecule has 1 atom stereocenters. The van der Waals surface area contributed by atoms with Gasteiger partial charge in [0.2, 0.25) is 0 Å². The van der Waals surface area contributed by atoms with Crippen molar-refractivity contribution < 1.29 is 18.7 Å². The van der Waals surface area contributed by atoms with Gasteiger partial charge in [-0.05, 0) is 48.0 Å². The third-order valence-electron chi connectivity index (χ3n) is 3.73. The van der Waals surface area contributed by atoms with Gasteiger partial charge in [0.15, 0.2) is 6.10 Å². The van der Waals surface area contributed by atoms with Gasteiger partial charge in [-0.2, -0.15) is 0 Å². The molecule has 0 unspecified atom stereocenters. The predicted molar refractivity (Wildman–Crippen MR) is 93.9 cm³/mol. The van der Waals surface area contributed by atoms with Crippen molar-refractivity contribution in [2.45, 2.75) is 13.0 Å². The van der Waals surface area contributed by atoms with E-state index in [1.165, 1.54) is 25.1 Å². The fraction of sp³-hybridized carbons (Fsp3) is 0.100. The number of esters is 1. The van der Waals surface area contributed by atoms with E-state index in [0.29, 0.717) is 5.69 Å². The Kier molecular flexibility index (Phi) is 4.75. The molecule has 1 amide bonds. The maximum absolute atomic E-state index is 13.2. The largest absolute Gasteiger partial charge is 0.449 e. The highest BCUT2D eigenvalue weighted by molar-refractivity contribution is 5.98. The first-order valence-corrected chi connectivity index (χ1v) is 7.79. The first-order valence-electron chi connectivity index (χ1n) is 7.79. The zero-order valence-electron chi connectivity index (χ0n) is 13.5. The highest BCUT2D eigenvalue weighted by Crippen LogP contribution is 2.19. The van der Waals surface area contributed by atoms with Crippen LogP contribution in [0, 0.1) is 5.82 Å². The highest BCUT2D eigenvalue weighted by Gasteiger charge is 2.19. The second-order valence-electron chi connectivity index (χ2n) is 5.61. The van der Waals surface area contributed by atoms with E-state index in [1.54, 1.807) is 6.07 Å². The van der Waals surface area contributed by atoms with Crippen molar-refractivity contribution in [1.29, 1.82) is 0 Å². The Hall–Kier alpha value is -3.21. The number of carbonyl (C=O) groups excluding carboxylic acids is 2. The number of amides is 1. The molecule has 1 N–H and O–H groups in total. The van der Waals surface area contributed by atoms with Crippen LogP contribution in [0.2, 0.25) is 0 Å². The smallest absolute Gasteiger partial charge is 0.339 e. The van der Waals surface area contributed by atoms with E-state index in [1.807, 2.05) is 36.4 Å². The van der Waals surface area contributed by atoms with Crippen molar-refractivity contribution >= 4 is 28.3 Å². The summed E-state index contributed by atoms with van der Waals surface area (Å²) >= 11 is 0. The number of hydrogen-bond donors (Lipinski definition) is 1. The van der Waals surface area contributed by atoms with Crippen molar-refractivity contribution in [2.75, 3.05) is 5.32 Å². The van der Waals surface area contributed by atoms with E-state index in [4.69, 9.17) is 4.74 Å². The van der Waals surface area contributed by atoms with Crippen LogP contribution in [0.25, 0.3) is 10.8 Å². The SMILES string of the molecule is C[C@@H](OC(=O)c1cccc(F)c1)C(=O)Nc1ccc2ccccc2c1. The molecule has 0 spiro atoms. The molecule has 0 bridgehead atoms. The van der Waals surface area contributed by atoms with Crippen LogP contribution >= 0.6 is 0 Å². The molecule has 3 aromatic carbocycles. The Balaban J connectivity index is 1.66. The molecule has 5 heteroatoms. The van der Waals surface area contributed by atoms with Gasteiger partial charge in [0.05, 0.1) is 5.56 Å². The summed E-state index contributed by atoms with van der Waals surface area (Å²) in [5.41, 5.74) is 0.669. The summed E-state index contributed by atoms with van der Waals surface area (Å²) in [6, 6.07) is 18.4. The average Bonchev–Trinajstić information content (AvgIpc) is 2.61. The first-order chi connectivity index (χ1) is 12.0. The molecule has 0 aliphatic carbocycles. The van der Waals surface area contributed by atoms with Crippen LogP contribution in [0.4, 0.5) is 10.1 Å². The van der Waals surface area contributed by atoms with Crippen molar-refractivity contribution in [3.63, 3.8) is 0 Å². The van der Waals surface area contributed by atoms with Gasteiger partial charge in [0.1, 0.15) is 5.82 Å². The number of nitrogens with one attached hydrogen (secondary N) is 1. The number of halogens is 1. The van der Waals surface area contributed by atoms with Gasteiger partial charge in [-0.15, -0.1) is 0 Å². The number of fused-ring (bicyclic) bond motifs is 1. The Morgan fingerprint density at radius 2 is 1.72 bits per heavy atom. The molecule has 0 aliphatic heterocycles. The summed E-state index contributed by atoms with van der Waals surface area (Å²) in [6.45, 7) is 1.47. The lowest BCUT2D eigenvalue weighted by Crippen LogP contribution is -2.30. The molecule has 0 heterocycles. The van der Waals surface area contributed by atoms with E-state index >= 15 is 0 Å². The van der Waals surface area contributed by atoms with Gasteiger partial charge in [-0.1, -0.05) is 36.4 Å². The lowest BCUT2D eigenvalue weighted by atomic mass is 10.1. The fourth-order valence-electron chi connectivity index (χ4n) is 2.41. The van der Waals surface area contributed by atoms with E-state index in [2.05, 4.69) is 5.32 Å². The van der Waals surface area contributed by atoms with E-state index in [0.717, 1.165) is 16.8 Å². The molecule has 0 aliphatic rings. The lowest BCUT2D eigenvalue weighted by molar-refractivity contribution is -0.123. The quantitative estimate of drug-likeness (QED) is 0.727. The third kappa shape index (κ3) is 4.01. The van der Waals surface area contributed by atoms with Gasteiger partial charge >= 0.3 is 5.97 Å². The normalized spacial score (nSPS) is 11.8. The Morgan fingerprint density at radius 3 is 2.48 bits per heavy atom. The number of rotatable bonds is 4. The molecule has 0 saturated heterocycles. The minimum absolute atomic E-state index is 0.0605. The van der Waals surface area contributed by atoms with E-state index < -0.39 is 23.8 Å². The van der Waals surface area contributed by atoms with Gasteiger partial charge in [-0.25, -0.2) is 9.18 Å². The summed E-state index contributed by atoms with van der Waals surface area (Å²) in [6.07, 6.45) is -1.01. The van der Waals surface area contributed by atoms with Crippen molar-refractivity contribution in [1.82, 2.24) is 0 Å². The Labute approximate surface area is 144 Å². The Bertz CT molecular complexity index is 939. The second-order valence-corrected chi connectivity index (χ2v) is 5.61. The molecule has 3 aromatic rings. The second kappa shape index (κ2) is 7.13. The fourth-order valence-corrected chi connectivity index (χ4v) is 2.41. The van der Waals surface area contributed by atoms with Crippen LogP contribution in [-0.2, 0) is 9.53 Å². The molecular formula is C20H16FNO3. The van der Waals surface area contributed by atoms with Gasteiger partial charge in [0, 0.05) is 5.69 Å². The van der Waals surface area contributed by atoms with Gasteiger partial charge < -0.3 is 10.1 Å². The standard InChI is InChI=1S/C20H16FNO3/c1-13(25-20(24)16-7-4-8-17(21)11-16)19(23)22-18-10-9-14-5-2-3-6-15(14)12-18/h2-13H,1H3,(H,22,23)/t13-/m1/s1. The average molecular weight is 337 g/mol. The van der Waals surface area contributed by atoms with Crippen LogP contribution < -0.4 is 5.32 Å². The molecule has 0 fully saturated rings. The van der Waals surface area contributed by atoms with E-state index in [-0.39, 0.29) is 5.56 Å². The maximum Gasteiger partial charge on any atom is 0.339 e. The molecule has 0 saturated carbocycles. The molecule has 3 rings (SSSR count). The highest BCUT2D eigenvalue weighted by atomic mass is 19.1. The molecule has 0 radical (unpaired) electrons. The van der Waals surface area contributed by atoms with Gasteiger partial charge in [0.25, 0.3) is 5.91 Å². The minimum atomic E-state index is -1.01. The Morgan fingerprint density at radius 1 is 0.960 bits per heavy atom. The first kappa shape index (κ1) is 16.6. The van der Waals surface area contributed by atoms with Crippen LogP contribution in [0.5, 0.6) is 0 Å². The van der Waals surface area contributed by atoms with Crippen molar-refractivity contribution in [3.05, 3.63) is 78.1 Å². The number of carbonyl (C=O) groups is 2. The van der Waals surface area contributed by atoms with Gasteiger partial charge in [-0.3, -0.25) is 4.79 Å². The number of anilines is 1. The molecule has 126 valence electrons. The summed E-state index contributed by atoms with van der Waals surface area (Å²) in [4.78, 5) is 24.2. The van der Waals surface area contributed by atoms with Crippen molar-refractivity contribution in [3.8, 4) is 0 Å². The summed E-state index contributed by atoms with van der Waals surface area (Å²) in [5.74, 6) is -1.75. The minimum Gasteiger partial charge on any atom is -0.449 e. The summed E-state index contributed by atoms with van der Waals surface area (Å²) in [5, 5.41) is 4.76. The molecule has 25 heavy (non-hydrogen) atoms. The molecular weight excluding hydrogens is 321 g/mol. The van der Waals surface area contributed by atoms with Crippen molar-refractivity contribution in [2.24, 2.45) is 0 Å². The zero-order valence-corrected chi connectivity index (χ0v) is 13.5. The monoisotopic (exact) mass is 337 g/mol. The summed E-state index contributed by atoms with van der Waals surface area (Å²) < 4.78 is 18.2. The topological polar surface area (TPSA) is 55.4 Å². The van der Waals surface area contributed by atoms with E-state index in [9.17, 15) is 14.0 Å². The molecule has 4 nitrogen and oxygen atoms in total. The number of benzene rings is 3. The third-order valence-corrected chi connectivity index (χ3v) is 3.73. The summed E-state index contributed by atoms with van der Waals surface area (Å²) in [7, 11) is 0. The zero-order chi connectivity index (χ0) is 17.8. The number of hydrogen-bond acceptors (Lipinski definition) is 3. The number of ether oxygens (including phenoxy) is 1. The molecule has 0 aromatic heterocycles. The van der Waals surface area contributed by atoms with Crippen LogP contribution in [0.3, 0.4) is 0 Å². The van der Waals surface area contributed by atoms with Crippen LogP contribution in [-0.4, -0.2) is 18.0 Å². The predicted octanol–water partition coefficient (Wildman–Crippen LogP) is 4.16. The van der Waals surface area contributed by atoms with Crippen LogP contribution in [0.1, 0.15) is 17.3 Å². The van der Waals surface area contributed by atoms with Crippen LogP contribution in [0.15, 0.2) is 66.7 Å².